The molecule has 0 bridgehead atoms. The molecule has 1 aliphatic heterocycles. The van der Waals surface area contributed by atoms with Crippen LogP contribution in [0.2, 0.25) is 0 Å². The number of carbonyl (C=O) groups is 1. The number of hydrogen-bond acceptors (Lipinski definition) is 5. The van der Waals surface area contributed by atoms with E-state index in [1.165, 1.54) is 25.7 Å². The molecule has 1 aliphatic carbocycles. The molecule has 2 aromatic heterocycles. The zero-order valence-electron chi connectivity index (χ0n) is 13.8. The van der Waals surface area contributed by atoms with Crippen LogP contribution < -0.4 is 5.32 Å². The Balaban J connectivity index is 1.36. The van der Waals surface area contributed by atoms with E-state index in [-0.39, 0.29) is 5.91 Å². The first-order valence-corrected chi connectivity index (χ1v) is 9.55. The van der Waals surface area contributed by atoms with Gasteiger partial charge in [-0.15, -0.1) is 0 Å². The fourth-order valence-corrected chi connectivity index (χ4v) is 4.74. The SMILES string of the molecule is O=C(c1ccc2nc(NC3CCCC3)sc2c1)N1Cc2cn[nH]c2C1. The number of aromatic nitrogens is 3. The third-order valence-electron chi connectivity index (χ3n) is 5.12. The highest BCUT2D eigenvalue weighted by molar-refractivity contribution is 7.22. The Hall–Kier alpha value is -2.41. The lowest BCUT2D eigenvalue weighted by molar-refractivity contribution is 0.0749. The molecule has 0 unspecified atom stereocenters. The van der Waals surface area contributed by atoms with Gasteiger partial charge in [0.05, 0.1) is 28.7 Å². The first-order valence-electron chi connectivity index (χ1n) is 8.74. The summed E-state index contributed by atoms with van der Waals surface area (Å²) < 4.78 is 1.06. The predicted molar refractivity (Wildman–Crippen MR) is 97.7 cm³/mol. The second-order valence-electron chi connectivity index (χ2n) is 6.86. The van der Waals surface area contributed by atoms with Crippen molar-refractivity contribution in [2.75, 3.05) is 5.32 Å². The quantitative estimate of drug-likeness (QED) is 0.755. The lowest BCUT2D eigenvalue weighted by atomic mass is 10.2. The van der Waals surface area contributed by atoms with Crippen molar-refractivity contribution in [2.24, 2.45) is 0 Å². The maximum atomic E-state index is 12.8. The first kappa shape index (κ1) is 14.9. The van der Waals surface area contributed by atoms with Crippen LogP contribution in [0.4, 0.5) is 5.13 Å². The molecule has 1 aromatic carbocycles. The van der Waals surface area contributed by atoms with E-state index in [9.17, 15) is 4.79 Å². The summed E-state index contributed by atoms with van der Waals surface area (Å²) in [4.78, 5) is 19.3. The molecule has 0 radical (unpaired) electrons. The lowest BCUT2D eigenvalue weighted by Crippen LogP contribution is -2.25. The minimum Gasteiger partial charge on any atom is -0.359 e. The number of hydrogen-bond donors (Lipinski definition) is 2. The second-order valence-corrected chi connectivity index (χ2v) is 7.89. The molecule has 3 aromatic rings. The van der Waals surface area contributed by atoms with Crippen LogP contribution in [0, 0.1) is 0 Å². The van der Waals surface area contributed by atoms with Crippen LogP contribution in [0.5, 0.6) is 0 Å². The van der Waals surface area contributed by atoms with Crippen LogP contribution in [-0.2, 0) is 13.1 Å². The molecule has 0 spiro atoms. The van der Waals surface area contributed by atoms with Gasteiger partial charge in [-0.1, -0.05) is 24.2 Å². The van der Waals surface area contributed by atoms with E-state index in [0.717, 1.165) is 32.2 Å². The molecular weight excluding hydrogens is 334 g/mol. The maximum Gasteiger partial charge on any atom is 0.254 e. The summed E-state index contributed by atoms with van der Waals surface area (Å²) in [5.41, 5.74) is 3.82. The van der Waals surface area contributed by atoms with Gasteiger partial charge in [-0.05, 0) is 31.0 Å². The molecule has 3 heterocycles. The van der Waals surface area contributed by atoms with Crippen molar-refractivity contribution in [1.29, 1.82) is 0 Å². The number of amides is 1. The number of aromatic amines is 1. The van der Waals surface area contributed by atoms with Crippen molar-refractivity contribution < 1.29 is 4.79 Å². The molecular formula is C18H19N5OS. The average molecular weight is 353 g/mol. The van der Waals surface area contributed by atoms with E-state index < -0.39 is 0 Å². The van der Waals surface area contributed by atoms with Crippen molar-refractivity contribution in [3.8, 4) is 0 Å². The van der Waals surface area contributed by atoms with E-state index in [2.05, 4.69) is 20.5 Å². The molecule has 1 fully saturated rings. The van der Waals surface area contributed by atoms with Gasteiger partial charge in [0, 0.05) is 23.7 Å². The molecule has 0 atom stereocenters. The zero-order chi connectivity index (χ0) is 16.8. The first-order chi connectivity index (χ1) is 12.3. The van der Waals surface area contributed by atoms with Gasteiger partial charge < -0.3 is 10.2 Å². The van der Waals surface area contributed by atoms with Crippen molar-refractivity contribution in [1.82, 2.24) is 20.1 Å². The summed E-state index contributed by atoms with van der Waals surface area (Å²) in [7, 11) is 0. The minimum atomic E-state index is 0.0604. The highest BCUT2D eigenvalue weighted by Gasteiger charge is 2.26. The molecule has 5 rings (SSSR count). The van der Waals surface area contributed by atoms with Gasteiger partial charge in [0.15, 0.2) is 5.13 Å². The van der Waals surface area contributed by atoms with E-state index in [0.29, 0.717) is 19.1 Å². The average Bonchev–Trinajstić information content (AvgIpc) is 3.36. The molecule has 25 heavy (non-hydrogen) atoms. The monoisotopic (exact) mass is 353 g/mol. The number of benzene rings is 1. The number of H-pyrrole nitrogens is 1. The molecule has 2 N–H and O–H groups in total. The Morgan fingerprint density at radius 3 is 3.00 bits per heavy atom. The van der Waals surface area contributed by atoms with Crippen molar-refractivity contribution in [3.63, 3.8) is 0 Å². The van der Waals surface area contributed by atoms with Gasteiger partial charge in [-0.25, -0.2) is 4.98 Å². The number of thiazole rings is 1. The number of anilines is 1. The van der Waals surface area contributed by atoms with Gasteiger partial charge in [0.1, 0.15) is 0 Å². The van der Waals surface area contributed by atoms with Crippen LogP contribution in [0.1, 0.15) is 47.3 Å². The van der Waals surface area contributed by atoms with Crippen LogP contribution >= 0.6 is 11.3 Å². The van der Waals surface area contributed by atoms with Gasteiger partial charge in [-0.3, -0.25) is 9.89 Å². The standard InChI is InChI=1S/C18H19N5OS/c24-17(23-9-12-8-19-22-15(12)10-23)11-5-6-14-16(7-11)25-18(21-14)20-13-3-1-2-4-13/h5-8,13H,1-4,9-10H2,(H,19,22)(H,20,21). The summed E-state index contributed by atoms with van der Waals surface area (Å²) in [5, 5.41) is 11.5. The number of nitrogens with zero attached hydrogens (tertiary/aromatic N) is 3. The van der Waals surface area contributed by atoms with Gasteiger partial charge >= 0.3 is 0 Å². The highest BCUT2D eigenvalue weighted by Crippen LogP contribution is 2.31. The van der Waals surface area contributed by atoms with Crippen LogP contribution in [0.25, 0.3) is 10.2 Å². The normalized spacial score (nSPS) is 17.4. The van der Waals surface area contributed by atoms with E-state index in [1.54, 1.807) is 17.5 Å². The molecule has 7 heteroatoms. The molecule has 0 saturated heterocycles. The number of carbonyl (C=O) groups excluding carboxylic acids is 1. The number of nitrogens with one attached hydrogen (secondary N) is 2. The molecule has 1 amide bonds. The smallest absolute Gasteiger partial charge is 0.254 e. The summed E-state index contributed by atoms with van der Waals surface area (Å²) in [6.45, 7) is 1.23. The van der Waals surface area contributed by atoms with Gasteiger partial charge in [0.2, 0.25) is 0 Å². The number of rotatable bonds is 3. The third kappa shape index (κ3) is 2.68. The Labute approximate surface area is 149 Å². The Morgan fingerprint density at radius 1 is 1.28 bits per heavy atom. The topological polar surface area (TPSA) is 73.9 Å². The van der Waals surface area contributed by atoms with Crippen molar-refractivity contribution in [2.45, 2.75) is 44.8 Å². The third-order valence-corrected chi connectivity index (χ3v) is 6.07. The van der Waals surface area contributed by atoms with Crippen LogP contribution in [0.3, 0.4) is 0 Å². The number of fused-ring (bicyclic) bond motifs is 2. The lowest BCUT2D eigenvalue weighted by Gasteiger charge is -2.15. The summed E-state index contributed by atoms with van der Waals surface area (Å²) >= 11 is 1.64. The summed E-state index contributed by atoms with van der Waals surface area (Å²) in [6, 6.07) is 6.36. The van der Waals surface area contributed by atoms with Crippen LogP contribution in [0.15, 0.2) is 24.4 Å². The maximum absolute atomic E-state index is 12.8. The Morgan fingerprint density at radius 2 is 2.16 bits per heavy atom. The molecule has 1 saturated carbocycles. The van der Waals surface area contributed by atoms with E-state index in [4.69, 9.17) is 0 Å². The molecule has 2 aliphatic rings. The Bertz CT molecular complexity index is 919. The van der Waals surface area contributed by atoms with Crippen LogP contribution in [-0.4, -0.2) is 32.0 Å². The molecule has 128 valence electrons. The van der Waals surface area contributed by atoms with Gasteiger partial charge in [0.25, 0.3) is 5.91 Å². The molecule has 6 nitrogen and oxygen atoms in total. The second kappa shape index (κ2) is 5.84. The van der Waals surface area contributed by atoms with Crippen molar-refractivity contribution >= 4 is 32.6 Å². The summed E-state index contributed by atoms with van der Waals surface area (Å²) in [6.07, 6.45) is 6.85. The fourth-order valence-electron chi connectivity index (χ4n) is 3.75. The van der Waals surface area contributed by atoms with Crippen molar-refractivity contribution in [3.05, 3.63) is 41.2 Å². The highest BCUT2D eigenvalue weighted by atomic mass is 32.1. The minimum absolute atomic E-state index is 0.0604. The van der Waals surface area contributed by atoms with E-state index >= 15 is 0 Å². The van der Waals surface area contributed by atoms with E-state index in [1.807, 2.05) is 23.1 Å². The fraction of sp³-hybridized carbons (Fsp3) is 0.389. The van der Waals surface area contributed by atoms with Gasteiger partial charge in [-0.2, -0.15) is 5.10 Å². The zero-order valence-corrected chi connectivity index (χ0v) is 14.6. The Kier molecular flexibility index (Phi) is 3.48. The summed E-state index contributed by atoms with van der Waals surface area (Å²) in [5.74, 6) is 0.0604. The predicted octanol–water partition coefficient (Wildman–Crippen LogP) is 3.53. The largest absolute Gasteiger partial charge is 0.359 e.